The van der Waals surface area contributed by atoms with Crippen LogP contribution in [-0.2, 0) is 9.84 Å². The van der Waals surface area contributed by atoms with Gasteiger partial charge in [-0.05, 0) is 38.8 Å². The number of nitrogens with zero attached hydrogens (tertiary/aromatic N) is 2. The zero-order chi connectivity index (χ0) is 18.0. The highest BCUT2D eigenvalue weighted by molar-refractivity contribution is 7.90. The van der Waals surface area contributed by atoms with Crippen molar-refractivity contribution in [3.05, 3.63) is 0 Å². The normalized spacial score (nSPS) is 19.1. The Morgan fingerprint density at radius 3 is 2.25 bits per heavy atom. The highest BCUT2D eigenvalue weighted by Crippen LogP contribution is 2.17. The number of sulfone groups is 1. The van der Waals surface area contributed by atoms with Gasteiger partial charge in [-0.2, -0.15) is 0 Å². The average molecular weight is 361 g/mol. The number of rotatable bonds is 8. The summed E-state index contributed by atoms with van der Waals surface area (Å²) in [5, 5.41) is 6.33. The molecular formula is C17H36N4O2S. The highest BCUT2D eigenvalue weighted by atomic mass is 32.2. The zero-order valence-corrected chi connectivity index (χ0v) is 16.7. The lowest BCUT2D eigenvalue weighted by Gasteiger charge is -2.32. The van der Waals surface area contributed by atoms with E-state index in [4.69, 9.17) is 4.99 Å². The monoisotopic (exact) mass is 360 g/mol. The fourth-order valence-corrected chi connectivity index (χ4v) is 3.53. The molecule has 0 aromatic rings. The summed E-state index contributed by atoms with van der Waals surface area (Å²) >= 11 is 0. The van der Waals surface area contributed by atoms with Crippen LogP contribution in [-0.4, -0.2) is 70.1 Å². The van der Waals surface area contributed by atoms with E-state index in [0.29, 0.717) is 24.5 Å². The van der Waals surface area contributed by atoms with Crippen molar-refractivity contribution in [1.29, 1.82) is 0 Å². The molecular weight excluding hydrogens is 324 g/mol. The molecule has 0 aromatic heterocycles. The van der Waals surface area contributed by atoms with Gasteiger partial charge in [0.1, 0.15) is 9.84 Å². The number of nitrogens with one attached hydrogen (secondary N) is 2. The van der Waals surface area contributed by atoms with Crippen molar-refractivity contribution in [3.63, 3.8) is 0 Å². The van der Waals surface area contributed by atoms with Gasteiger partial charge >= 0.3 is 0 Å². The third-order valence-corrected chi connectivity index (χ3v) is 5.37. The predicted octanol–water partition coefficient (Wildman–Crippen LogP) is 1.49. The second-order valence-electron chi connectivity index (χ2n) is 7.04. The number of aliphatic imine (C=N–C) groups is 1. The van der Waals surface area contributed by atoms with Crippen LogP contribution in [0.25, 0.3) is 0 Å². The van der Waals surface area contributed by atoms with Gasteiger partial charge in [-0.1, -0.05) is 26.7 Å². The quantitative estimate of drug-likeness (QED) is 0.507. The summed E-state index contributed by atoms with van der Waals surface area (Å²) in [6.45, 7) is 10.8. The van der Waals surface area contributed by atoms with Crippen LogP contribution in [0, 0.1) is 5.92 Å². The van der Waals surface area contributed by atoms with Crippen molar-refractivity contribution in [1.82, 2.24) is 15.5 Å². The highest BCUT2D eigenvalue weighted by Gasteiger charge is 2.22. The molecule has 1 atom stereocenters. The minimum Gasteiger partial charge on any atom is -0.357 e. The number of guanidine groups is 1. The molecule has 1 fully saturated rings. The van der Waals surface area contributed by atoms with Crippen LogP contribution in [0.15, 0.2) is 4.99 Å². The Kier molecular flexibility index (Phi) is 9.66. The van der Waals surface area contributed by atoms with E-state index < -0.39 is 9.84 Å². The molecule has 0 radical (unpaired) electrons. The predicted molar refractivity (Wildman–Crippen MR) is 102 cm³/mol. The van der Waals surface area contributed by atoms with Crippen molar-refractivity contribution in [2.75, 3.05) is 44.7 Å². The minimum absolute atomic E-state index is 0.122. The molecule has 2 N–H and O–H groups in total. The first-order chi connectivity index (χ1) is 11.3. The molecule has 7 heteroatoms. The molecule has 1 rings (SSSR count). The lowest BCUT2D eigenvalue weighted by Crippen LogP contribution is -2.44. The van der Waals surface area contributed by atoms with E-state index in [0.717, 1.165) is 26.2 Å². The maximum atomic E-state index is 11.3. The SMILES string of the molecule is CCNC(=NCC(C(C)C)N1CCCCCC1)NCCS(C)(=O)=O. The first kappa shape index (κ1) is 21.2. The minimum atomic E-state index is -2.95. The number of hydrogen-bond donors (Lipinski definition) is 2. The van der Waals surface area contributed by atoms with Crippen molar-refractivity contribution < 1.29 is 8.42 Å². The second kappa shape index (κ2) is 10.9. The summed E-state index contributed by atoms with van der Waals surface area (Å²) in [6.07, 6.45) is 6.48. The van der Waals surface area contributed by atoms with Crippen LogP contribution in [0.3, 0.4) is 0 Å². The molecule has 24 heavy (non-hydrogen) atoms. The fraction of sp³-hybridized carbons (Fsp3) is 0.941. The average Bonchev–Trinajstić information content (AvgIpc) is 2.75. The molecule has 0 spiro atoms. The molecule has 0 bridgehead atoms. The molecule has 1 heterocycles. The van der Waals surface area contributed by atoms with Crippen LogP contribution in [0.5, 0.6) is 0 Å². The molecule has 1 aliphatic rings. The lowest BCUT2D eigenvalue weighted by molar-refractivity contribution is 0.166. The van der Waals surface area contributed by atoms with Crippen LogP contribution in [0.1, 0.15) is 46.5 Å². The Morgan fingerprint density at radius 2 is 1.75 bits per heavy atom. The molecule has 0 aliphatic carbocycles. The first-order valence-corrected chi connectivity index (χ1v) is 11.3. The van der Waals surface area contributed by atoms with Crippen LogP contribution >= 0.6 is 0 Å². The van der Waals surface area contributed by atoms with E-state index in [9.17, 15) is 8.42 Å². The van der Waals surface area contributed by atoms with E-state index in [1.165, 1.54) is 31.9 Å². The topological polar surface area (TPSA) is 73.8 Å². The number of likely N-dealkylation sites (tertiary alicyclic amines) is 1. The molecule has 0 saturated carbocycles. The fourth-order valence-electron chi connectivity index (χ4n) is 3.06. The Balaban J connectivity index is 2.64. The van der Waals surface area contributed by atoms with Gasteiger partial charge in [0.25, 0.3) is 0 Å². The molecule has 1 saturated heterocycles. The Bertz CT molecular complexity index is 469. The molecule has 0 aromatic carbocycles. The smallest absolute Gasteiger partial charge is 0.191 e. The van der Waals surface area contributed by atoms with E-state index in [1.54, 1.807) is 0 Å². The molecule has 1 aliphatic heterocycles. The Labute approximate surface area is 148 Å². The molecule has 1 unspecified atom stereocenters. The van der Waals surface area contributed by atoms with Gasteiger partial charge in [-0.25, -0.2) is 8.42 Å². The van der Waals surface area contributed by atoms with Crippen molar-refractivity contribution >= 4 is 15.8 Å². The van der Waals surface area contributed by atoms with Crippen LogP contribution < -0.4 is 10.6 Å². The zero-order valence-electron chi connectivity index (χ0n) is 15.8. The van der Waals surface area contributed by atoms with Gasteiger partial charge in [0.05, 0.1) is 12.3 Å². The Morgan fingerprint density at radius 1 is 1.12 bits per heavy atom. The summed E-state index contributed by atoms with van der Waals surface area (Å²) in [6, 6.07) is 0.438. The van der Waals surface area contributed by atoms with Crippen molar-refractivity contribution in [3.8, 4) is 0 Å². The molecule has 6 nitrogen and oxygen atoms in total. The standard InChI is InChI=1S/C17H36N4O2S/c1-5-18-17(19-10-13-24(4,22)23)20-14-16(15(2)3)21-11-8-6-7-9-12-21/h15-16H,5-14H2,1-4H3,(H2,18,19,20). The van der Waals surface area contributed by atoms with Crippen molar-refractivity contribution in [2.45, 2.75) is 52.5 Å². The summed E-state index contributed by atoms with van der Waals surface area (Å²) in [7, 11) is -2.95. The maximum Gasteiger partial charge on any atom is 0.191 e. The largest absolute Gasteiger partial charge is 0.357 e. The number of hydrogen-bond acceptors (Lipinski definition) is 4. The summed E-state index contributed by atoms with van der Waals surface area (Å²) in [5.41, 5.74) is 0. The van der Waals surface area contributed by atoms with E-state index >= 15 is 0 Å². The second-order valence-corrected chi connectivity index (χ2v) is 9.30. The maximum absolute atomic E-state index is 11.3. The van der Waals surface area contributed by atoms with Gasteiger partial charge in [0.15, 0.2) is 5.96 Å². The van der Waals surface area contributed by atoms with E-state index in [1.807, 2.05) is 6.92 Å². The van der Waals surface area contributed by atoms with E-state index in [-0.39, 0.29) is 5.75 Å². The van der Waals surface area contributed by atoms with Crippen LogP contribution in [0.4, 0.5) is 0 Å². The van der Waals surface area contributed by atoms with E-state index in [2.05, 4.69) is 29.4 Å². The van der Waals surface area contributed by atoms with Crippen LogP contribution in [0.2, 0.25) is 0 Å². The summed E-state index contributed by atoms with van der Waals surface area (Å²) < 4.78 is 22.5. The van der Waals surface area contributed by atoms with Gasteiger partial charge < -0.3 is 10.6 Å². The van der Waals surface area contributed by atoms with Gasteiger partial charge in [0.2, 0.25) is 0 Å². The summed E-state index contributed by atoms with van der Waals surface area (Å²) in [4.78, 5) is 7.30. The lowest BCUT2D eigenvalue weighted by atomic mass is 10.0. The van der Waals surface area contributed by atoms with Gasteiger partial charge in [0, 0.05) is 25.4 Å². The molecule has 0 amide bonds. The Hall–Kier alpha value is -0.820. The van der Waals surface area contributed by atoms with Gasteiger partial charge in [-0.3, -0.25) is 9.89 Å². The third kappa shape index (κ3) is 8.87. The molecule has 142 valence electrons. The third-order valence-electron chi connectivity index (χ3n) is 4.43. The summed E-state index contributed by atoms with van der Waals surface area (Å²) in [5.74, 6) is 1.38. The first-order valence-electron chi connectivity index (χ1n) is 9.27. The van der Waals surface area contributed by atoms with Crippen molar-refractivity contribution in [2.24, 2.45) is 10.9 Å². The van der Waals surface area contributed by atoms with Gasteiger partial charge in [-0.15, -0.1) is 0 Å².